The van der Waals surface area contributed by atoms with Crippen LogP contribution in [0.2, 0.25) is 0 Å². The number of aromatic nitrogens is 1. The molecule has 51 heavy (non-hydrogen) atoms. The van der Waals surface area contributed by atoms with Gasteiger partial charge in [0, 0.05) is 27.8 Å². The zero-order chi connectivity index (χ0) is 33.7. The lowest BCUT2D eigenvalue weighted by molar-refractivity contribution is 0.476. The van der Waals surface area contributed by atoms with E-state index < -0.39 is 0 Å². The van der Waals surface area contributed by atoms with Gasteiger partial charge in [0.05, 0.1) is 16.7 Å². The molecule has 1 aromatic heterocycles. The van der Waals surface area contributed by atoms with Gasteiger partial charge in [-0.3, -0.25) is 0 Å². The van der Waals surface area contributed by atoms with E-state index in [-0.39, 0.29) is 0 Å². The number of ether oxygens (including phenoxy) is 1. The Labute approximate surface area is 296 Å². The topological polar surface area (TPSA) is 17.4 Å². The van der Waals surface area contributed by atoms with Gasteiger partial charge in [-0.25, -0.2) is 0 Å². The molecule has 0 aliphatic carbocycles. The van der Waals surface area contributed by atoms with Crippen molar-refractivity contribution in [3.05, 3.63) is 194 Å². The maximum atomic E-state index is 6.34. The van der Waals surface area contributed by atoms with E-state index in [1.807, 2.05) is 12.1 Å². The first-order valence-corrected chi connectivity index (χ1v) is 17.3. The molecule has 3 nitrogen and oxygen atoms in total. The van der Waals surface area contributed by atoms with E-state index in [4.69, 9.17) is 4.74 Å². The average molecular weight is 653 g/mol. The summed E-state index contributed by atoms with van der Waals surface area (Å²) in [7, 11) is 0. The number of para-hydroxylation sites is 4. The van der Waals surface area contributed by atoms with Gasteiger partial charge in [0.25, 0.3) is 0 Å². The smallest absolute Gasteiger partial charge is 0.152 e. The number of nitrogens with zero attached hydrogens (tertiary/aromatic N) is 2. The van der Waals surface area contributed by atoms with Crippen LogP contribution in [0.15, 0.2) is 194 Å². The van der Waals surface area contributed by atoms with Gasteiger partial charge >= 0.3 is 0 Å². The SMILES string of the molecule is c1ccc(-c2cc(-c3ccccc3)cc(N(c3ccccc3)c3ccc(-c4ccc5c6cccc7c6n(c5c4)-c4ccccc4O7)cc3)c2)cc1. The summed E-state index contributed by atoms with van der Waals surface area (Å²) in [5.74, 6) is 1.76. The number of hydrogen-bond donors (Lipinski definition) is 0. The summed E-state index contributed by atoms with van der Waals surface area (Å²) in [6.45, 7) is 0. The van der Waals surface area contributed by atoms with Crippen molar-refractivity contribution in [1.29, 1.82) is 0 Å². The highest BCUT2D eigenvalue weighted by Gasteiger charge is 2.23. The number of rotatable bonds is 6. The van der Waals surface area contributed by atoms with Gasteiger partial charge in [0.2, 0.25) is 0 Å². The second-order valence-corrected chi connectivity index (χ2v) is 13.0. The van der Waals surface area contributed by atoms with Crippen LogP contribution in [-0.2, 0) is 0 Å². The van der Waals surface area contributed by atoms with Crippen LogP contribution in [0.5, 0.6) is 11.5 Å². The molecular weight excluding hydrogens is 621 g/mol. The maximum absolute atomic E-state index is 6.34. The maximum Gasteiger partial charge on any atom is 0.152 e. The minimum Gasteiger partial charge on any atom is -0.453 e. The summed E-state index contributed by atoms with van der Waals surface area (Å²) in [6, 6.07) is 69.2. The van der Waals surface area contributed by atoms with Crippen molar-refractivity contribution < 1.29 is 4.74 Å². The Kier molecular flexibility index (Phi) is 6.81. The van der Waals surface area contributed by atoms with Gasteiger partial charge in [-0.2, -0.15) is 0 Å². The fourth-order valence-corrected chi connectivity index (χ4v) is 7.56. The molecule has 0 spiro atoms. The molecule has 0 saturated heterocycles. The number of hydrogen-bond acceptors (Lipinski definition) is 2. The third-order valence-electron chi connectivity index (χ3n) is 9.94. The first kappa shape index (κ1) is 29.1. The molecule has 1 aliphatic rings. The van der Waals surface area contributed by atoms with Crippen molar-refractivity contribution in [3.8, 4) is 50.6 Å². The second-order valence-electron chi connectivity index (χ2n) is 13.0. The van der Waals surface area contributed by atoms with Gasteiger partial charge in [-0.05, 0) is 100 Å². The highest BCUT2D eigenvalue weighted by Crippen LogP contribution is 2.46. The molecule has 1 aliphatic heterocycles. The monoisotopic (exact) mass is 652 g/mol. The van der Waals surface area contributed by atoms with E-state index in [2.05, 4.69) is 191 Å². The first-order valence-electron chi connectivity index (χ1n) is 17.3. The van der Waals surface area contributed by atoms with E-state index in [9.17, 15) is 0 Å². The van der Waals surface area contributed by atoms with Crippen LogP contribution < -0.4 is 9.64 Å². The summed E-state index contributed by atoms with van der Waals surface area (Å²) in [4.78, 5) is 2.36. The second kappa shape index (κ2) is 11.9. The molecular formula is C48H32N2O. The molecule has 9 aromatic rings. The van der Waals surface area contributed by atoms with Crippen LogP contribution in [0.25, 0.3) is 60.9 Å². The molecule has 0 fully saturated rings. The molecule has 240 valence electrons. The minimum atomic E-state index is 0.873. The van der Waals surface area contributed by atoms with E-state index in [0.717, 1.165) is 45.3 Å². The Morgan fingerprint density at radius 2 is 0.922 bits per heavy atom. The predicted molar refractivity (Wildman–Crippen MR) is 212 cm³/mol. The lowest BCUT2D eigenvalue weighted by atomic mass is 9.97. The molecule has 0 amide bonds. The highest BCUT2D eigenvalue weighted by molar-refractivity contribution is 6.13. The summed E-state index contributed by atoms with van der Waals surface area (Å²) in [6.07, 6.45) is 0. The number of benzene rings is 8. The highest BCUT2D eigenvalue weighted by atomic mass is 16.5. The van der Waals surface area contributed by atoms with Crippen molar-refractivity contribution in [1.82, 2.24) is 4.57 Å². The van der Waals surface area contributed by atoms with Crippen molar-refractivity contribution >= 4 is 38.9 Å². The number of fused-ring (bicyclic) bond motifs is 5. The van der Waals surface area contributed by atoms with Crippen molar-refractivity contribution in [3.63, 3.8) is 0 Å². The van der Waals surface area contributed by atoms with E-state index in [1.165, 1.54) is 44.1 Å². The summed E-state index contributed by atoms with van der Waals surface area (Å²) in [5, 5.41) is 2.42. The van der Waals surface area contributed by atoms with Crippen LogP contribution in [0.3, 0.4) is 0 Å². The molecule has 8 aromatic carbocycles. The standard InChI is InChI=1S/C48H32N2O/c1-4-13-33(14-5-1)37-29-38(34-15-6-2-7-16-34)31-41(30-37)49(39-17-8-3-9-18-39)40-26-23-35(24-27-40)36-25-28-42-43-19-12-22-47-48(43)50(45(42)32-36)44-20-10-11-21-46(44)51-47/h1-32H. The van der Waals surface area contributed by atoms with E-state index >= 15 is 0 Å². The fraction of sp³-hybridized carbons (Fsp3) is 0. The average Bonchev–Trinajstić information content (AvgIpc) is 3.54. The summed E-state index contributed by atoms with van der Waals surface area (Å²) in [5.41, 5.74) is 13.7. The Balaban J connectivity index is 1.10. The molecule has 0 atom stereocenters. The molecule has 2 heterocycles. The zero-order valence-electron chi connectivity index (χ0n) is 27.8. The van der Waals surface area contributed by atoms with Crippen molar-refractivity contribution in [2.24, 2.45) is 0 Å². The molecule has 0 radical (unpaired) electrons. The lowest BCUT2D eigenvalue weighted by Gasteiger charge is -2.27. The van der Waals surface area contributed by atoms with Crippen LogP contribution in [-0.4, -0.2) is 4.57 Å². The Morgan fingerprint density at radius 3 is 1.63 bits per heavy atom. The molecule has 0 N–H and O–H groups in total. The van der Waals surface area contributed by atoms with Crippen LogP contribution >= 0.6 is 0 Å². The molecule has 0 unspecified atom stereocenters. The van der Waals surface area contributed by atoms with Gasteiger partial charge in [-0.1, -0.05) is 127 Å². The van der Waals surface area contributed by atoms with E-state index in [0.29, 0.717) is 0 Å². The van der Waals surface area contributed by atoms with Gasteiger partial charge in [0.1, 0.15) is 0 Å². The van der Waals surface area contributed by atoms with E-state index in [1.54, 1.807) is 0 Å². The van der Waals surface area contributed by atoms with Crippen LogP contribution in [0.4, 0.5) is 17.1 Å². The van der Waals surface area contributed by atoms with Crippen LogP contribution in [0.1, 0.15) is 0 Å². The predicted octanol–water partition coefficient (Wildman–Crippen LogP) is 13.4. The van der Waals surface area contributed by atoms with Crippen LogP contribution in [0, 0.1) is 0 Å². The largest absolute Gasteiger partial charge is 0.453 e. The van der Waals surface area contributed by atoms with Crippen molar-refractivity contribution in [2.45, 2.75) is 0 Å². The number of anilines is 3. The first-order chi connectivity index (χ1) is 25.3. The fourth-order valence-electron chi connectivity index (χ4n) is 7.56. The molecule has 0 bridgehead atoms. The minimum absolute atomic E-state index is 0.873. The zero-order valence-corrected chi connectivity index (χ0v) is 27.8. The quantitative estimate of drug-likeness (QED) is 0.178. The van der Waals surface area contributed by atoms with Crippen molar-refractivity contribution in [2.75, 3.05) is 4.90 Å². The Bertz CT molecular complexity index is 2640. The third kappa shape index (κ3) is 4.98. The van der Waals surface area contributed by atoms with Gasteiger partial charge in [0.15, 0.2) is 11.5 Å². The van der Waals surface area contributed by atoms with Gasteiger partial charge < -0.3 is 14.2 Å². The molecule has 10 rings (SSSR count). The third-order valence-corrected chi connectivity index (χ3v) is 9.94. The Hall–Kier alpha value is -6.84. The summed E-state index contributed by atoms with van der Waals surface area (Å²) >= 11 is 0. The molecule has 0 saturated carbocycles. The Morgan fingerprint density at radius 1 is 0.353 bits per heavy atom. The lowest BCUT2D eigenvalue weighted by Crippen LogP contribution is -2.10. The molecule has 3 heteroatoms. The normalized spacial score (nSPS) is 11.7. The summed E-state index contributed by atoms with van der Waals surface area (Å²) < 4.78 is 8.70. The van der Waals surface area contributed by atoms with Gasteiger partial charge in [-0.15, -0.1) is 0 Å².